The second-order valence-electron chi connectivity index (χ2n) is 7.20. The van der Waals surface area contributed by atoms with Gasteiger partial charge in [0.25, 0.3) is 0 Å². The van der Waals surface area contributed by atoms with Gasteiger partial charge in [-0.2, -0.15) is 0 Å². The van der Waals surface area contributed by atoms with Crippen LogP contribution in [-0.4, -0.2) is 47.0 Å². The minimum Gasteiger partial charge on any atom is -0.322 e. The number of aromatic nitrogens is 1. The highest BCUT2D eigenvalue weighted by molar-refractivity contribution is 5.89. The molecule has 1 aliphatic rings. The van der Waals surface area contributed by atoms with Gasteiger partial charge in [0.2, 0.25) is 0 Å². The summed E-state index contributed by atoms with van der Waals surface area (Å²) in [5.74, 6) is -0.595. The van der Waals surface area contributed by atoms with Crippen molar-refractivity contribution in [2.45, 2.75) is 6.04 Å². The van der Waals surface area contributed by atoms with E-state index in [0.29, 0.717) is 31.9 Å². The van der Waals surface area contributed by atoms with E-state index in [-0.39, 0.29) is 23.7 Å². The molecule has 2 amide bonds. The summed E-state index contributed by atoms with van der Waals surface area (Å²) in [5, 5.41) is 2.85. The van der Waals surface area contributed by atoms with E-state index < -0.39 is 0 Å². The Kier molecular flexibility index (Phi) is 5.99. The molecule has 3 aromatic rings. The van der Waals surface area contributed by atoms with Gasteiger partial charge in [-0.3, -0.25) is 9.88 Å². The molecule has 0 bridgehead atoms. The molecule has 1 saturated heterocycles. The summed E-state index contributed by atoms with van der Waals surface area (Å²) in [5.41, 5.74) is 2.51. The number of piperazine rings is 1. The molecular weight excluding hydrogens is 386 g/mol. The van der Waals surface area contributed by atoms with Gasteiger partial charge >= 0.3 is 6.03 Å². The van der Waals surface area contributed by atoms with Crippen molar-refractivity contribution in [3.8, 4) is 0 Å². The van der Waals surface area contributed by atoms with E-state index in [1.54, 1.807) is 53.7 Å². The van der Waals surface area contributed by atoms with Crippen LogP contribution in [0.15, 0.2) is 73.1 Å². The third-order valence-corrected chi connectivity index (χ3v) is 5.25. The lowest BCUT2D eigenvalue weighted by molar-refractivity contribution is 0.126. The number of anilines is 1. The summed E-state index contributed by atoms with van der Waals surface area (Å²) < 4.78 is 26.9. The lowest BCUT2D eigenvalue weighted by Crippen LogP contribution is -2.51. The van der Waals surface area contributed by atoms with Gasteiger partial charge in [-0.05, 0) is 47.5 Å². The van der Waals surface area contributed by atoms with Crippen molar-refractivity contribution in [3.63, 3.8) is 0 Å². The molecule has 2 heterocycles. The van der Waals surface area contributed by atoms with Gasteiger partial charge in [-0.1, -0.05) is 24.3 Å². The van der Waals surface area contributed by atoms with Gasteiger partial charge in [0.1, 0.15) is 11.6 Å². The van der Waals surface area contributed by atoms with Crippen molar-refractivity contribution in [1.82, 2.24) is 14.8 Å². The summed E-state index contributed by atoms with van der Waals surface area (Å²) in [6.07, 6.45) is 3.26. The molecular formula is C23H22F2N4O. The lowest BCUT2D eigenvalue weighted by Gasteiger charge is -2.39. The van der Waals surface area contributed by atoms with Gasteiger partial charge in [0.05, 0.1) is 17.9 Å². The molecule has 1 aromatic heterocycles. The maximum Gasteiger partial charge on any atom is 0.321 e. The quantitative estimate of drug-likeness (QED) is 0.700. The zero-order valence-electron chi connectivity index (χ0n) is 16.3. The Balaban J connectivity index is 1.48. The van der Waals surface area contributed by atoms with E-state index in [1.807, 2.05) is 0 Å². The van der Waals surface area contributed by atoms with Gasteiger partial charge in [0, 0.05) is 32.4 Å². The average Bonchev–Trinajstić information content (AvgIpc) is 2.78. The van der Waals surface area contributed by atoms with E-state index in [0.717, 1.165) is 11.1 Å². The fourth-order valence-corrected chi connectivity index (χ4v) is 3.73. The molecule has 5 nitrogen and oxygen atoms in total. The number of amides is 2. The third kappa shape index (κ3) is 4.63. The van der Waals surface area contributed by atoms with Gasteiger partial charge < -0.3 is 10.2 Å². The largest absolute Gasteiger partial charge is 0.322 e. The van der Waals surface area contributed by atoms with E-state index in [1.165, 1.54) is 24.3 Å². The first-order valence-electron chi connectivity index (χ1n) is 9.81. The molecule has 0 spiro atoms. The Bertz CT molecular complexity index is 927. The Hall–Kier alpha value is -3.32. The molecule has 1 N–H and O–H groups in total. The number of nitrogens with one attached hydrogen (secondary N) is 1. The molecule has 0 unspecified atom stereocenters. The number of nitrogens with zero attached hydrogens (tertiary/aromatic N) is 3. The smallest absolute Gasteiger partial charge is 0.321 e. The number of carbonyl (C=O) groups is 1. The Morgan fingerprint density at radius 2 is 1.43 bits per heavy atom. The van der Waals surface area contributed by atoms with E-state index >= 15 is 0 Å². The molecule has 4 rings (SSSR count). The monoisotopic (exact) mass is 408 g/mol. The second kappa shape index (κ2) is 9.00. The van der Waals surface area contributed by atoms with Crippen LogP contribution in [-0.2, 0) is 0 Å². The summed E-state index contributed by atoms with van der Waals surface area (Å²) in [4.78, 5) is 20.5. The standard InChI is InChI=1S/C23H22F2N4O/c24-19-7-3-17(4-8-19)22(18-5-9-20(25)10-6-18)28-12-14-29(15-13-28)23(30)27-21-2-1-11-26-16-21/h1-11,16,22H,12-15H2,(H,27,30). The molecule has 0 atom stereocenters. The molecule has 154 valence electrons. The number of benzene rings is 2. The molecule has 30 heavy (non-hydrogen) atoms. The average molecular weight is 408 g/mol. The van der Waals surface area contributed by atoms with Crippen molar-refractivity contribution < 1.29 is 13.6 Å². The molecule has 7 heteroatoms. The first-order valence-corrected chi connectivity index (χ1v) is 9.81. The maximum atomic E-state index is 13.4. The van der Waals surface area contributed by atoms with E-state index in [9.17, 15) is 13.6 Å². The number of hydrogen-bond acceptors (Lipinski definition) is 3. The van der Waals surface area contributed by atoms with Crippen molar-refractivity contribution >= 4 is 11.7 Å². The fraction of sp³-hybridized carbons (Fsp3) is 0.217. The number of pyridine rings is 1. The third-order valence-electron chi connectivity index (χ3n) is 5.25. The van der Waals surface area contributed by atoms with Crippen molar-refractivity contribution in [2.75, 3.05) is 31.5 Å². The summed E-state index contributed by atoms with van der Waals surface area (Å²) in [6.45, 7) is 2.37. The van der Waals surface area contributed by atoms with Gasteiger partial charge in [-0.25, -0.2) is 13.6 Å². The van der Waals surface area contributed by atoms with E-state index in [4.69, 9.17) is 0 Å². The van der Waals surface area contributed by atoms with Crippen molar-refractivity contribution in [2.24, 2.45) is 0 Å². The minimum atomic E-state index is -0.298. The van der Waals surface area contributed by atoms with Crippen LogP contribution in [0.5, 0.6) is 0 Å². The summed E-state index contributed by atoms with van der Waals surface area (Å²) >= 11 is 0. The van der Waals surface area contributed by atoms with Gasteiger partial charge in [-0.15, -0.1) is 0 Å². The van der Waals surface area contributed by atoms with Gasteiger partial charge in [0.15, 0.2) is 0 Å². The predicted octanol–water partition coefficient (Wildman–Crippen LogP) is 4.30. The normalized spacial score (nSPS) is 14.7. The number of halogens is 2. The Labute approximate surface area is 174 Å². The SMILES string of the molecule is O=C(Nc1cccnc1)N1CCN(C(c2ccc(F)cc2)c2ccc(F)cc2)CC1. The van der Waals surface area contributed by atoms with Crippen LogP contribution in [0.4, 0.5) is 19.3 Å². The van der Waals surface area contributed by atoms with Crippen LogP contribution >= 0.6 is 0 Å². The molecule has 2 aromatic carbocycles. The number of hydrogen-bond donors (Lipinski definition) is 1. The van der Waals surface area contributed by atoms with Crippen molar-refractivity contribution in [1.29, 1.82) is 0 Å². The number of rotatable bonds is 4. The highest BCUT2D eigenvalue weighted by Gasteiger charge is 2.28. The Morgan fingerprint density at radius 1 is 0.867 bits per heavy atom. The van der Waals surface area contributed by atoms with E-state index in [2.05, 4.69) is 15.2 Å². The maximum absolute atomic E-state index is 13.4. The van der Waals surface area contributed by atoms with Crippen LogP contribution in [0.3, 0.4) is 0 Å². The highest BCUT2D eigenvalue weighted by Crippen LogP contribution is 2.30. The van der Waals surface area contributed by atoms with Crippen molar-refractivity contribution in [3.05, 3.63) is 95.8 Å². The molecule has 0 aliphatic carbocycles. The molecule has 0 saturated carbocycles. The highest BCUT2D eigenvalue weighted by atomic mass is 19.1. The molecule has 1 aliphatic heterocycles. The summed E-state index contributed by atoms with van der Waals surface area (Å²) in [6, 6.07) is 16.0. The number of carbonyl (C=O) groups excluding carboxylic acids is 1. The van der Waals surface area contributed by atoms with Crippen LogP contribution in [0.1, 0.15) is 17.2 Å². The first-order chi connectivity index (χ1) is 14.6. The number of urea groups is 1. The lowest BCUT2D eigenvalue weighted by atomic mass is 9.96. The molecule has 1 fully saturated rings. The Morgan fingerprint density at radius 3 is 1.93 bits per heavy atom. The zero-order valence-corrected chi connectivity index (χ0v) is 16.3. The summed E-state index contributed by atoms with van der Waals surface area (Å²) in [7, 11) is 0. The van der Waals surface area contributed by atoms with Crippen LogP contribution in [0, 0.1) is 11.6 Å². The minimum absolute atomic E-state index is 0.144. The van der Waals surface area contributed by atoms with Crippen LogP contribution < -0.4 is 5.32 Å². The van der Waals surface area contributed by atoms with Crippen LogP contribution in [0.2, 0.25) is 0 Å². The predicted molar refractivity (Wildman–Crippen MR) is 111 cm³/mol. The first kappa shape index (κ1) is 20.0. The van der Waals surface area contributed by atoms with Crippen LogP contribution in [0.25, 0.3) is 0 Å². The topological polar surface area (TPSA) is 48.5 Å². The second-order valence-corrected chi connectivity index (χ2v) is 7.20. The molecule has 0 radical (unpaired) electrons. The fourth-order valence-electron chi connectivity index (χ4n) is 3.73. The zero-order chi connectivity index (χ0) is 20.9.